The fourth-order valence-corrected chi connectivity index (χ4v) is 11.7. The van der Waals surface area contributed by atoms with Gasteiger partial charge in [0.15, 0.2) is 0 Å². The first-order valence-corrected chi connectivity index (χ1v) is 24.1. The maximum Gasteiger partial charge on any atom is 0.408 e. The highest BCUT2D eigenvalue weighted by molar-refractivity contribution is 7.91. The molecule has 7 atom stereocenters. The van der Waals surface area contributed by atoms with Crippen molar-refractivity contribution in [2.24, 2.45) is 17.8 Å². The summed E-state index contributed by atoms with van der Waals surface area (Å²) in [5, 5.41) is 5.63. The minimum absolute atomic E-state index is 0.0220. The SMILES string of the molecule is CC[C@@H]1C[C@]1(NC(=O)[C@@H]1C[C@@H]2CN1C(=O)[C@H](C1CCCC1)NC(=O)O[C@@H]1CCC[C@H]1CC/C=C/Cn1c(nc3cc(-c4ccccc4)ccc3c1=O)O2)C(=O)NS(=O)(=O)C1CC1. The standard InChI is InChI=1S/C46H56N6O9S/c1-2-32-26-46(32,43(56)50-62(58,59)34-20-21-34)49-40(53)37-25-33-27-52(37)42(55)39(30-15-8-9-16-30)48-45(57)61-38-18-11-17-29(38)14-7-4-10-23-51-41(54)35-22-19-31(28-12-5-3-6-13-28)24-36(35)47-44(51)60-33/h3-6,10,12-13,19,22,24,29-30,32-34,37-39H,2,7-9,11,14-18,20-21,23,25-27H2,1H3,(H,48,57)(H,49,53)(H,50,56)/b10-4+/t29-,32-,33-,37+,38-,39+,46-/m1/s1. The van der Waals surface area contributed by atoms with Crippen LogP contribution in [-0.4, -0.2) is 88.3 Å². The topological polar surface area (TPSA) is 195 Å². The van der Waals surface area contributed by atoms with Crippen molar-refractivity contribution < 1.29 is 37.1 Å². The molecule has 0 spiro atoms. The fraction of sp³-hybridized carbons (Fsp3) is 0.565. The van der Waals surface area contributed by atoms with E-state index in [4.69, 9.17) is 14.5 Å². The Labute approximate surface area is 361 Å². The summed E-state index contributed by atoms with van der Waals surface area (Å²) < 4.78 is 42.2. The number of ether oxygens (including phenoxy) is 2. The smallest absolute Gasteiger partial charge is 0.408 e. The largest absolute Gasteiger partial charge is 0.459 e. The van der Waals surface area contributed by atoms with Gasteiger partial charge < -0.3 is 25.0 Å². The number of aromatic nitrogens is 2. The molecular formula is C46H56N6O9S. The highest BCUT2D eigenvalue weighted by atomic mass is 32.2. The van der Waals surface area contributed by atoms with Crippen molar-refractivity contribution in [1.82, 2.24) is 29.8 Å². The number of rotatable bonds is 8. The van der Waals surface area contributed by atoms with Crippen LogP contribution >= 0.6 is 0 Å². The van der Waals surface area contributed by atoms with Gasteiger partial charge in [0.1, 0.15) is 29.8 Å². The zero-order valence-electron chi connectivity index (χ0n) is 35.1. The minimum atomic E-state index is -3.90. The molecule has 4 aliphatic carbocycles. The molecule has 2 aliphatic heterocycles. The Kier molecular flexibility index (Phi) is 11.6. The highest BCUT2D eigenvalue weighted by Crippen LogP contribution is 2.47. The molecule has 15 nitrogen and oxygen atoms in total. The van der Waals surface area contributed by atoms with Crippen molar-refractivity contribution in [3.8, 4) is 17.1 Å². The first kappa shape index (κ1) is 42.1. The van der Waals surface area contributed by atoms with E-state index in [0.29, 0.717) is 49.4 Å². The Morgan fingerprint density at radius 3 is 2.42 bits per heavy atom. The molecule has 3 heterocycles. The van der Waals surface area contributed by atoms with E-state index in [1.165, 1.54) is 9.47 Å². The van der Waals surface area contributed by atoms with E-state index in [-0.39, 0.29) is 61.4 Å². The van der Waals surface area contributed by atoms with Gasteiger partial charge in [0, 0.05) is 13.0 Å². The van der Waals surface area contributed by atoms with Crippen LogP contribution in [0.4, 0.5) is 4.79 Å². The lowest BCUT2D eigenvalue weighted by Crippen LogP contribution is -2.59. The van der Waals surface area contributed by atoms with Gasteiger partial charge >= 0.3 is 6.09 Å². The molecule has 1 aromatic heterocycles. The number of amides is 4. The predicted molar refractivity (Wildman–Crippen MR) is 230 cm³/mol. The van der Waals surface area contributed by atoms with Crippen molar-refractivity contribution in [1.29, 1.82) is 0 Å². The van der Waals surface area contributed by atoms with Gasteiger partial charge in [0.25, 0.3) is 17.5 Å². The summed E-state index contributed by atoms with van der Waals surface area (Å²) in [7, 11) is -3.90. The zero-order chi connectivity index (χ0) is 43.2. The zero-order valence-corrected chi connectivity index (χ0v) is 35.9. The fourth-order valence-electron chi connectivity index (χ4n) is 10.3. The van der Waals surface area contributed by atoms with Gasteiger partial charge in [-0.15, -0.1) is 0 Å². The Morgan fingerprint density at radius 2 is 1.68 bits per heavy atom. The van der Waals surface area contributed by atoms with Gasteiger partial charge in [-0.3, -0.25) is 28.5 Å². The number of nitrogens with zero attached hydrogens (tertiary/aromatic N) is 3. The van der Waals surface area contributed by atoms with Crippen molar-refractivity contribution >= 4 is 44.7 Å². The quantitative estimate of drug-likeness (QED) is 0.256. The monoisotopic (exact) mass is 868 g/mol. The highest BCUT2D eigenvalue weighted by Gasteiger charge is 2.62. The first-order chi connectivity index (χ1) is 29.9. The van der Waals surface area contributed by atoms with Gasteiger partial charge in [-0.05, 0) is 105 Å². The van der Waals surface area contributed by atoms with Crippen LogP contribution in [0.5, 0.6) is 6.01 Å². The van der Waals surface area contributed by atoms with Gasteiger partial charge in [-0.2, -0.15) is 4.98 Å². The lowest BCUT2D eigenvalue weighted by atomic mass is 9.96. The van der Waals surface area contributed by atoms with E-state index >= 15 is 4.79 Å². The molecule has 62 heavy (non-hydrogen) atoms. The van der Waals surface area contributed by atoms with Crippen LogP contribution in [-0.2, 0) is 35.7 Å². The lowest BCUT2D eigenvalue weighted by molar-refractivity contribution is -0.142. The number of nitrogens with one attached hydrogen (secondary N) is 3. The van der Waals surface area contributed by atoms with Crippen LogP contribution < -0.4 is 25.7 Å². The Morgan fingerprint density at radius 1 is 0.903 bits per heavy atom. The normalized spacial score (nSPS) is 29.9. The van der Waals surface area contributed by atoms with E-state index in [0.717, 1.165) is 49.7 Å². The molecule has 3 N–H and O–H groups in total. The van der Waals surface area contributed by atoms with Crippen molar-refractivity contribution in [2.75, 3.05) is 6.54 Å². The van der Waals surface area contributed by atoms with Crippen LogP contribution in [0.25, 0.3) is 22.0 Å². The molecule has 2 aromatic carbocycles. The molecule has 5 fully saturated rings. The Hall–Kier alpha value is -5.25. The van der Waals surface area contributed by atoms with E-state index in [1.807, 2.05) is 61.5 Å². The number of hydrogen-bond acceptors (Lipinski definition) is 10. The molecular weight excluding hydrogens is 813 g/mol. The lowest BCUT2D eigenvalue weighted by Gasteiger charge is -2.32. The van der Waals surface area contributed by atoms with E-state index < -0.39 is 62.8 Å². The van der Waals surface area contributed by atoms with Gasteiger partial charge in [0.05, 0.1) is 22.7 Å². The van der Waals surface area contributed by atoms with Crippen LogP contribution in [0, 0.1) is 17.8 Å². The molecule has 4 saturated carbocycles. The van der Waals surface area contributed by atoms with E-state index in [2.05, 4.69) is 15.4 Å². The first-order valence-electron chi connectivity index (χ1n) is 22.5. The van der Waals surface area contributed by atoms with Crippen molar-refractivity contribution in [2.45, 2.75) is 138 Å². The average Bonchev–Trinajstić information content (AvgIpc) is 4.05. The molecule has 4 amide bonds. The van der Waals surface area contributed by atoms with E-state index in [1.54, 1.807) is 6.07 Å². The third-order valence-electron chi connectivity index (χ3n) is 14.1. The maximum atomic E-state index is 15.0. The number of alkyl carbamates (subject to hydrolysis) is 1. The van der Waals surface area contributed by atoms with Gasteiger partial charge in [-0.25, -0.2) is 13.2 Å². The molecule has 6 aliphatic rings. The summed E-state index contributed by atoms with van der Waals surface area (Å²) in [4.78, 5) is 77.8. The van der Waals surface area contributed by atoms with Crippen molar-refractivity contribution in [3.63, 3.8) is 0 Å². The summed E-state index contributed by atoms with van der Waals surface area (Å²) in [5.41, 5.74) is 0.479. The molecule has 9 rings (SSSR count). The number of carbonyl (C=O) groups excluding carboxylic acids is 4. The second kappa shape index (κ2) is 17.1. The Balaban J connectivity index is 1.08. The number of sulfonamides is 1. The third-order valence-corrected chi connectivity index (χ3v) is 15.9. The Bertz CT molecular complexity index is 2430. The summed E-state index contributed by atoms with van der Waals surface area (Å²) >= 11 is 0. The summed E-state index contributed by atoms with van der Waals surface area (Å²) in [5.74, 6) is -2.26. The summed E-state index contributed by atoms with van der Waals surface area (Å²) in [6.45, 7) is 1.95. The molecule has 1 saturated heterocycles. The summed E-state index contributed by atoms with van der Waals surface area (Å²) in [6, 6.07) is 13.2. The number of hydrogen-bond donors (Lipinski definition) is 3. The third kappa shape index (κ3) is 8.46. The molecule has 2 bridgehead atoms. The second-order valence-electron chi connectivity index (χ2n) is 18.2. The second-order valence-corrected chi connectivity index (χ2v) is 20.1. The van der Waals surface area contributed by atoms with Gasteiger partial charge in [-0.1, -0.05) is 74.7 Å². The average molecular weight is 869 g/mol. The molecule has 330 valence electrons. The summed E-state index contributed by atoms with van der Waals surface area (Å²) in [6.07, 6.45) is 11.0. The van der Waals surface area contributed by atoms with E-state index in [9.17, 15) is 27.6 Å². The van der Waals surface area contributed by atoms with Crippen LogP contribution in [0.2, 0.25) is 0 Å². The number of fused-ring (bicyclic) bond motifs is 5. The molecule has 0 radical (unpaired) electrons. The molecule has 16 heteroatoms. The minimum Gasteiger partial charge on any atom is -0.459 e. The van der Waals surface area contributed by atoms with Crippen LogP contribution in [0.15, 0.2) is 65.5 Å². The van der Waals surface area contributed by atoms with Gasteiger partial charge in [0.2, 0.25) is 21.8 Å². The predicted octanol–water partition coefficient (Wildman–Crippen LogP) is 5.11. The molecule has 0 unspecified atom stereocenters. The van der Waals surface area contributed by atoms with Crippen molar-refractivity contribution in [3.05, 3.63) is 71.0 Å². The van der Waals surface area contributed by atoms with Crippen LogP contribution in [0.3, 0.4) is 0 Å². The number of benzene rings is 2. The molecule has 3 aromatic rings. The number of allylic oxidation sites excluding steroid dienone is 2. The number of carbonyl (C=O) groups is 4. The maximum absolute atomic E-state index is 15.0. The van der Waals surface area contributed by atoms with Crippen LogP contribution in [0.1, 0.15) is 96.8 Å².